The van der Waals surface area contributed by atoms with E-state index in [2.05, 4.69) is 19.4 Å². The van der Waals surface area contributed by atoms with E-state index in [4.69, 9.17) is 0 Å². The molecule has 0 radical (unpaired) electrons. The van der Waals surface area contributed by atoms with E-state index in [0.717, 1.165) is 0 Å². The summed E-state index contributed by atoms with van der Waals surface area (Å²) >= 11 is 0. The molecule has 0 aromatic rings. The molecule has 0 N–H and O–H groups in total. The Morgan fingerprint density at radius 2 is 1.57 bits per heavy atom. The van der Waals surface area contributed by atoms with Gasteiger partial charge in [-0.1, -0.05) is 0 Å². The summed E-state index contributed by atoms with van der Waals surface area (Å²) in [5, 5.41) is 0. The Morgan fingerprint density at radius 1 is 1.00 bits per heavy atom. The third-order valence-corrected chi connectivity index (χ3v) is 0.513. The minimum Gasteiger partial charge on any atom is -0.314 e. The lowest BCUT2D eigenvalue weighted by molar-refractivity contribution is -0.340. The molecule has 1 heterocycles. The topological polar surface area (TPSA) is 36.9 Å². The van der Waals surface area contributed by atoms with Gasteiger partial charge in [0.1, 0.15) is 0 Å². The maximum Gasteiger partial charge on any atom is 0.323 e. The fourth-order valence-electron chi connectivity index (χ4n) is 0.274. The third kappa shape index (κ3) is 1.94. The van der Waals surface area contributed by atoms with Gasteiger partial charge < -0.3 is 9.61 Å². The molecule has 0 bridgehead atoms. The van der Waals surface area contributed by atoms with Gasteiger partial charge in [-0.05, 0) is 0 Å². The van der Waals surface area contributed by atoms with E-state index in [1.165, 1.54) is 0 Å². The molecule has 7 heavy (non-hydrogen) atoms. The Kier molecular flexibility index (Phi) is 2.22. The van der Waals surface area contributed by atoms with Crippen LogP contribution in [0.4, 0.5) is 0 Å². The Hall–Kier alpha value is -0.0301. The van der Waals surface area contributed by atoms with Crippen LogP contribution in [0.2, 0.25) is 0 Å². The van der Waals surface area contributed by atoms with Crippen molar-refractivity contribution in [1.29, 1.82) is 0 Å². The second-order valence-corrected chi connectivity index (χ2v) is 0.998. The molecule has 0 atom stereocenters. The lowest BCUT2D eigenvalue weighted by Gasteiger charge is -1.92. The van der Waals surface area contributed by atoms with Crippen LogP contribution in [0.5, 0.6) is 0 Å². The molecular formula is CH4B2O4. The maximum absolute atomic E-state index is 4.44. The van der Waals surface area contributed by atoms with Crippen LogP contribution in [0.25, 0.3) is 0 Å². The predicted molar refractivity (Wildman–Crippen MR) is 23.5 cm³/mol. The second-order valence-electron chi connectivity index (χ2n) is 0.998. The van der Waals surface area contributed by atoms with Crippen molar-refractivity contribution in [3.05, 3.63) is 0 Å². The molecule has 0 spiro atoms. The maximum atomic E-state index is 4.44. The van der Waals surface area contributed by atoms with Crippen LogP contribution >= 0.6 is 0 Å². The van der Waals surface area contributed by atoms with Crippen molar-refractivity contribution < 1.29 is 19.4 Å². The van der Waals surface area contributed by atoms with Gasteiger partial charge >= 0.3 is 14.7 Å². The van der Waals surface area contributed by atoms with Crippen molar-refractivity contribution in [2.45, 2.75) is 0 Å². The van der Waals surface area contributed by atoms with Gasteiger partial charge in [0.25, 0.3) is 0 Å². The molecular weight excluding hydrogens is 97.6 g/mol. The average molecular weight is 102 g/mol. The highest BCUT2D eigenvalue weighted by Gasteiger charge is 2.02. The quantitative estimate of drug-likeness (QED) is 0.274. The van der Waals surface area contributed by atoms with Crippen LogP contribution in [0.1, 0.15) is 0 Å². The zero-order valence-corrected chi connectivity index (χ0v) is 3.75. The summed E-state index contributed by atoms with van der Waals surface area (Å²) in [4.78, 5) is 17.6. The molecule has 1 saturated heterocycles. The normalized spacial score (nSPS) is 21.7. The molecule has 0 saturated carbocycles. The molecule has 6 heteroatoms. The molecule has 4 nitrogen and oxygen atoms in total. The van der Waals surface area contributed by atoms with Crippen LogP contribution in [-0.4, -0.2) is 21.5 Å². The predicted octanol–water partition coefficient (Wildman–Crippen LogP) is -1.53. The second kappa shape index (κ2) is 3.04. The van der Waals surface area contributed by atoms with Gasteiger partial charge in [-0.3, -0.25) is 0 Å². The van der Waals surface area contributed by atoms with Crippen molar-refractivity contribution in [3.8, 4) is 0 Å². The summed E-state index contributed by atoms with van der Waals surface area (Å²) in [5.41, 5.74) is 0. The molecule has 0 aliphatic carbocycles. The Morgan fingerprint density at radius 3 is 2.14 bits per heavy atom. The van der Waals surface area contributed by atoms with E-state index in [1.54, 1.807) is 0 Å². The van der Waals surface area contributed by atoms with E-state index < -0.39 is 0 Å². The van der Waals surface area contributed by atoms with Crippen LogP contribution in [0.15, 0.2) is 0 Å². The SMILES string of the molecule is B1BOOCOO1. The van der Waals surface area contributed by atoms with Crippen LogP contribution < -0.4 is 0 Å². The van der Waals surface area contributed by atoms with Gasteiger partial charge in [-0.15, -0.1) is 0 Å². The van der Waals surface area contributed by atoms with Crippen LogP contribution in [-0.2, 0) is 19.4 Å². The summed E-state index contributed by atoms with van der Waals surface area (Å²) in [7, 11) is 0.861. The average Bonchev–Trinajstić information content (AvgIpc) is 1.90. The van der Waals surface area contributed by atoms with Crippen molar-refractivity contribution in [2.24, 2.45) is 0 Å². The van der Waals surface area contributed by atoms with Crippen molar-refractivity contribution in [3.63, 3.8) is 0 Å². The number of rotatable bonds is 0. The lowest BCUT2D eigenvalue weighted by atomic mass is 9.65. The third-order valence-electron chi connectivity index (χ3n) is 0.513. The van der Waals surface area contributed by atoms with Gasteiger partial charge in [0.2, 0.25) is 6.79 Å². The van der Waals surface area contributed by atoms with E-state index in [9.17, 15) is 0 Å². The highest BCUT2D eigenvalue weighted by molar-refractivity contribution is 6.93. The highest BCUT2D eigenvalue weighted by atomic mass is 17.3. The first kappa shape index (κ1) is 5.11. The standard InChI is InChI=1S/CH4B2O4/c1-4-6-2-3-7-5-1/h2-3H,1H2. The summed E-state index contributed by atoms with van der Waals surface area (Å²) in [6.07, 6.45) is 0. The van der Waals surface area contributed by atoms with Crippen LogP contribution in [0, 0.1) is 0 Å². The van der Waals surface area contributed by atoms with Crippen LogP contribution in [0.3, 0.4) is 0 Å². The fourth-order valence-corrected chi connectivity index (χ4v) is 0.274. The molecule has 0 aromatic heterocycles. The Balaban J connectivity index is 2.04. The van der Waals surface area contributed by atoms with Crippen molar-refractivity contribution >= 4 is 14.7 Å². The summed E-state index contributed by atoms with van der Waals surface area (Å²) < 4.78 is 0. The fraction of sp³-hybridized carbons (Fsp3) is 1.00. The van der Waals surface area contributed by atoms with Gasteiger partial charge in [0.05, 0.1) is 0 Å². The number of hydrogen-bond acceptors (Lipinski definition) is 4. The largest absolute Gasteiger partial charge is 0.323 e. The summed E-state index contributed by atoms with van der Waals surface area (Å²) in [5.74, 6) is 0. The molecule has 1 aliphatic rings. The molecule has 1 fully saturated rings. The zero-order valence-electron chi connectivity index (χ0n) is 3.75. The monoisotopic (exact) mass is 102 g/mol. The zero-order chi connectivity index (χ0) is 4.95. The van der Waals surface area contributed by atoms with Crippen molar-refractivity contribution in [2.75, 3.05) is 6.79 Å². The van der Waals surface area contributed by atoms with E-state index >= 15 is 0 Å². The first-order valence-electron chi connectivity index (χ1n) is 1.99. The Bertz CT molecular complexity index is 29.3. The molecule has 1 rings (SSSR count). The lowest BCUT2D eigenvalue weighted by Crippen LogP contribution is -2.05. The summed E-state index contributed by atoms with van der Waals surface area (Å²) in [6, 6.07) is 0. The minimum absolute atomic E-state index is 0.0556. The smallest absolute Gasteiger partial charge is 0.314 e. The first-order chi connectivity index (χ1) is 3.50. The molecule has 0 aromatic carbocycles. The minimum atomic E-state index is 0.0556. The van der Waals surface area contributed by atoms with Gasteiger partial charge in [-0.25, -0.2) is 9.78 Å². The molecule has 38 valence electrons. The Labute approximate surface area is 42.1 Å². The first-order valence-corrected chi connectivity index (χ1v) is 1.99. The summed E-state index contributed by atoms with van der Waals surface area (Å²) in [6.45, 7) is 0.0556. The molecule has 0 unspecified atom stereocenters. The highest BCUT2D eigenvalue weighted by Crippen LogP contribution is 1.84. The van der Waals surface area contributed by atoms with Gasteiger partial charge in [0.15, 0.2) is 0 Å². The number of hydrogen-bond donors (Lipinski definition) is 0. The molecule has 1 aliphatic heterocycles. The van der Waals surface area contributed by atoms with Crippen molar-refractivity contribution in [1.82, 2.24) is 0 Å². The van der Waals surface area contributed by atoms with Gasteiger partial charge in [-0.2, -0.15) is 0 Å². The van der Waals surface area contributed by atoms with E-state index in [0.29, 0.717) is 14.7 Å². The molecule has 0 amide bonds. The van der Waals surface area contributed by atoms with Gasteiger partial charge in [0, 0.05) is 0 Å². The van der Waals surface area contributed by atoms with E-state index in [1.807, 2.05) is 0 Å². The van der Waals surface area contributed by atoms with E-state index in [-0.39, 0.29) is 6.79 Å².